The summed E-state index contributed by atoms with van der Waals surface area (Å²) >= 11 is 0. The molecule has 0 radical (unpaired) electrons. The molecule has 2 heteroatoms. The Balaban J connectivity index is 2.11. The molecule has 0 fully saturated rings. The summed E-state index contributed by atoms with van der Waals surface area (Å²) in [4.78, 5) is 3.27. The minimum Gasteiger partial charge on any atom is -0.361 e. The third-order valence-electron chi connectivity index (χ3n) is 3.82. The van der Waals surface area contributed by atoms with E-state index in [1.165, 1.54) is 27.4 Å². The van der Waals surface area contributed by atoms with Crippen molar-refractivity contribution in [2.75, 3.05) is 0 Å². The molecule has 0 aliphatic carbocycles. The first kappa shape index (κ1) is 10.4. The van der Waals surface area contributed by atoms with Crippen LogP contribution in [0.25, 0.3) is 33.1 Å². The van der Waals surface area contributed by atoms with Crippen LogP contribution in [0.5, 0.6) is 0 Å². The molecule has 0 saturated carbocycles. The zero-order valence-electron chi connectivity index (χ0n) is 10.7. The van der Waals surface area contributed by atoms with E-state index >= 15 is 0 Å². The molecule has 2 heterocycles. The van der Waals surface area contributed by atoms with Crippen LogP contribution in [0.2, 0.25) is 0 Å². The van der Waals surface area contributed by atoms with Crippen molar-refractivity contribution in [1.29, 1.82) is 0 Å². The quantitative estimate of drug-likeness (QED) is 0.516. The Morgan fingerprint density at radius 2 is 1.68 bits per heavy atom. The lowest BCUT2D eigenvalue weighted by molar-refractivity contribution is 1.01. The molecule has 0 aliphatic rings. The van der Waals surface area contributed by atoms with Gasteiger partial charge in [0.25, 0.3) is 0 Å². The van der Waals surface area contributed by atoms with E-state index in [1.54, 1.807) is 0 Å². The summed E-state index contributed by atoms with van der Waals surface area (Å²) < 4.78 is 2.25. The number of para-hydroxylation sites is 1. The molecule has 2 aromatic carbocycles. The predicted octanol–water partition coefficient (Wildman–Crippen LogP) is 4.33. The van der Waals surface area contributed by atoms with Crippen molar-refractivity contribution in [1.82, 2.24) is 9.55 Å². The zero-order valence-corrected chi connectivity index (χ0v) is 10.7. The molecular weight excluding hydrogens is 232 g/mol. The van der Waals surface area contributed by atoms with E-state index in [-0.39, 0.29) is 0 Å². The van der Waals surface area contributed by atoms with Gasteiger partial charge in [0.2, 0.25) is 0 Å². The molecule has 92 valence electrons. The number of nitrogens with one attached hydrogen (secondary N) is 1. The van der Waals surface area contributed by atoms with Crippen LogP contribution in [0.15, 0.2) is 60.8 Å². The van der Waals surface area contributed by atoms with Crippen LogP contribution < -0.4 is 0 Å². The molecule has 2 nitrogen and oxygen atoms in total. The Labute approximate surface area is 111 Å². The van der Waals surface area contributed by atoms with Crippen molar-refractivity contribution in [3.8, 4) is 11.3 Å². The Morgan fingerprint density at radius 1 is 0.842 bits per heavy atom. The van der Waals surface area contributed by atoms with E-state index in [0.29, 0.717) is 0 Å². The summed E-state index contributed by atoms with van der Waals surface area (Å²) in [5, 5.41) is 2.62. The van der Waals surface area contributed by atoms with Crippen molar-refractivity contribution in [2.45, 2.75) is 0 Å². The summed E-state index contributed by atoms with van der Waals surface area (Å²) in [7, 11) is 2.12. The number of benzene rings is 2. The largest absolute Gasteiger partial charge is 0.361 e. The lowest BCUT2D eigenvalue weighted by Crippen LogP contribution is -1.86. The van der Waals surface area contributed by atoms with Gasteiger partial charge >= 0.3 is 0 Å². The van der Waals surface area contributed by atoms with Gasteiger partial charge in [0, 0.05) is 40.7 Å². The maximum Gasteiger partial charge on any atom is 0.0489 e. The molecule has 4 rings (SSSR count). The Hall–Kier alpha value is -2.48. The van der Waals surface area contributed by atoms with Gasteiger partial charge < -0.3 is 9.55 Å². The molecule has 0 atom stereocenters. The third-order valence-corrected chi connectivity index (χ3v) is 3.82. The van der Waals surface area contributed by atoms with Gasteiger partial charge in [-0.05, 0) is 35.9 Å². The highest BCUT2D eigenvalue weighted by atomic mass is 14.9. The van der Waals surface area contributed by atoms with Crippen LogP contribution in [0.4, 0.5) is 0 Å². The number of rotatable bonds is 1. The number of H-pyrrole nitrogens is 1. The summed E-state index contributed by atoms with van der Waals surface area (Å²) in [6.45, 7) is 0. The first-order valence-electron chi connectivity index (χ1n) is 6.45. The van der Waals surface area contributed by atoms with Crippen molar-refractivity contribution in [3.05, 3.63) is 60.8 Å². The van der Waals surface area contributed by atoms with Crippen LogP contribution in [0.1, 0.15) is 0 Å². The fourth-order valence-electron chi connectivity index (χ4n) is 2.85. The molecule has 0 unspecified atom stereocenters. The topological polar surface area (TPSA) is 20.7 Å². The molecule has 1 N–H and O–H groups in total. The Kier molecular flexibility index (Phi) is 2.06. The van der Waals surface area contributed by atoms with Gasteiger partial charge in [-0.15, -0.1) is 0 Å². The smallest absolute Gasteiger partial charge is 0.0489 e. The van der Waals surface area contributed by atoms with Crippen LogP contribution in [-0.2, 0) is 7.05 Å². The second-order valence-corrected chi connectivity index (χ2v) is 4.89. The third kappa shape index (κ3) is 1.43. The summed E-state index contributed by atoms with van der Waals surface area (Å²) in [6, 6.07) is 19.3. The highest BCUT2D eigenvalue weighted by Gasteiger charge is 2.08. The molecule has 2 aromatic heterocycles. The van der Waals surface area contributed by atoms with Crippen molar-refractivity contribution in [2.24, 2.45) is 7.05 Å². The fourth-order valence-corrected chi connectivity index (χ4v) is 2.85. The summed E-state index contributed by atoms with van der Waals surface area (Å²) in [6.07, 6.45) is 1.96. The number of hydrogen-bond acceptors (Lipinski definition) is 0. The summed E-state index contributed by atoms with van der Waals surface area (Å²) in [5.41, 5.74) is 4.95. The second-order valence-electron chi connectivity index (χ2n) is 4.89. The number of aromatic nitrogens is 2. The predicted molar refractivity (Wildman–Crippen MR) is 80.2 cm³/mol. The highest BCUT2D eigenvalue weighted by molar-refractivity contribution is 6.09. The number of nitrogens with zero attached hydrogens (tertiary/aromatic N) is 1. The number of aryl methyl sites for hydroxylation is 1. The number of aromatic amines is 1. The summed E-state index contributed by atoms with van der Waals surface area (Å²) in [5.74, 6) is 0. The molecule has 0 aliphatic heterocycles. The Bertz CT molecular complexity index is 867. The Morgan fingerprint density at radius 3 is 2.53 bits per heavy atom. The molecular formula is C17H14N2. The van der Waals surface area contributed by atoms with Crippen molar-refractivity contribution >= 4 is 21.8 Å². The first-order chi connectivity index (χ1) is 9.34. The second kappa shape index (κ2) is 3.75. The monoisotopic (exact) mass is 246 g/mol. The maximum atomic E-state index is 3.27. The first-order valence-corrected chi connectivity index (χ1v) is 6.45. The fraction of sp³-hybridized carbons (Fsp3) is 0.0588. The standard InChI is InChI=1S/C17H14N2/c1-19-16-7-3-2-5-13(16)14-11-12(8-9-17(14)19)15-6-4-10-18-15/h2-11,18H,1H3. The van der Waals surface area contributed by atoms with Crippen LogP contribution in [0.3, 0.4) is 0 Å². The molecule has 0 amide bonds. The molecule has 4 aromatic rings. The van der Waals surface area contributed by atoms with Gasteiger partial charge in [-0.2, -0.15) is 0 Å². The van der Waals surface area contributed by atoms with Gasteiger partial charge in [-0.25, -0.2) is 0 Å². The number of fused-ring (bicyclic) bond motifs is 3. The zero-order chi connectivity index (χ0) is 12.8. The van der Waals surface area contributed by atoms with Gasteiger partial charge in [0.1, 0.15) is 0 Å². The normalized spacial score (nSPS) is 11.4. The minimum absolute atomic E-state index is 1.16. The van der Waals surface area contributed by atoms with Crippen molar-refractivity contribution in [3.63, 3.8) is 0 Å². The maximum absolute atomic E-state index is 3.27. The van der Waals surface area contributed by atoms with Gasteiger partial charge in [0.05, 0.1) is 0 Å². The van der Waals surface area contributed by atoms with Crippen LogP contribution >= 0.6 is 0 Å². The lowest BCUT2D eigenvalue weighted by Gasteiger charge is -2.00. The van der Waals surface area contributed by atoms with Crippen LogP contribution in [0, 0.1) is 0 Å². The van der Waals surface area contributed by atoms with Crippen molar-refractivity contribution < 1.29 is 0 Å². The van der Waals surface area contributed by atoms with Crippen LogP contribution in [-0.4, -0.2) is 9.55 Å². The molecule has 0 bridgehead atoms. The van der Waals surface area contributed by atoms with E-state index in [0.717, 1.165) is 5.69 Å². The van der Waals surface area contributed by atoms with E-state index < -0.39 is 0 Å². The van der Waals surface area contributed by atoms with E-state index in [4.69, 9.17) is 0 Å². The molecule has 0 saturated heterocycles. The number of hydrogen-bond donors (Lipinski definition) is 1. The van der Waals surface area contributed by atoms with E-state index in [9.17, 15) is 0 Å². The van der Waals surface area contributed by atoms with E-state index in [1.807, 2.05) is 12.3 Å². The van der Waals surface area contributed by atoms with Gasteiger partial charge in [0.15, 0.2) is 0 Å². The molecule has 0 spiro atoms. The average Bonchev–Trinajstić information content (AvgIpc) is 3.08. The van der Waals surface area contributed by atoms with Gasteiger partial charge in [-0.1, -0.05) is 24.3 Å². The minimum atomic E-state index is 1.16. The molecule has 19 heavy (non-hydrogen) atoms. The van der Waals surface area contributed by atoms with E-state index in [2.05, 4.69) is 65.1 Å². The van der Waals surface area contributed by atoms with Gasteiger partial charge in [-0.3, -0.25) is 0 Å². The lowest BCUT2D eigenvalue weighted by atomic mass is 10.1. The SMILES string of the molecule is Cn1c2ccccc2c2cc(-c3ccc[nH]3)ccc21. The highest BCUT2D eigenvalue weighted by Crippen LogP contribution is 2.31. The average molecular weight is 246 g/mol.